The molecule has 1 unspecified atom stereocenters. The van der Waals surface area contributed by atoms with Gasteiger partial charge in [-0.1, -0.05) is 41.0 Å². The van der Waals surface area contributed by atoms with Crippen LogP contribution in [-0.4, -0.2) is 64.4 Å². The molecule has 1 saturated heterocycles. The van der Waals surface area contributed by atoms with E-state index >= 15 is 0 Å². The number of ketones is 1. The lowest BCUT2D eigenvalue weighted by Gasteiger charge is -2.31. The number of rotatable bonds is 13. The number of likely N-dealkylation sites (tertiary alicyclic amines) is 1. The molecule has 1 heterocycles. The van der Waals surface area contributed by atoms with Crippen LogP contribution in [-0.2, 0) is 19.2 Å². The Bertz CT molecular complexity index is 620. The molecule has 0 bridgehead atoms. The van der Waals surface area contributed by atoms with E-state index in [0.717, 1.165) is 6.42 Å². The van der Waals surface area contributed by atoms with Crippen LogP contribution in [0.4, 0.5) is 0 Å². The quantitative estimate of drug-likeness (QED) is 0.322. The molecule has 30 heavy (non-hydrogen) atoms. The molecule has 0 radical (unpaired) electrons. The summed E-state index contributed by atoms with van der Waals surface area (Å²) in [6.07, 6.45) is 5.17. The molecular weight excluding hydrogens is 400 g/mol. The van der Waals surface area contributed by atoms with Gasteiger partial charge in [0.1, 0.15) is 0 Å². The lowest BCUT2D eigenvalue weighted by molar-refractivity contribution is -0.140. The van der Waals surface area contributed by atoms with Crippen LogP contribution in [0.1, 0.15) is 73.1 Å². The normalized spacial score (nSPS) is 19.0. The average molecular weight is 441 g/mol. The first-order chi connectivity index (χ1) is 14.0. The van der Waals surface area contributed by atoms with Crippen molar-refractivity contribution in [1.82, 2.24) is 9.80 Å². The van der Waals surface area contributed by atoms with E-state index in [4.69, 9.17) is 0 Å². The van der Waals surface area contributed by atoms with Gasteiger partial charge in [-0.05, 0) is 36.9 Å². The van der Waals surface area contributed by atoms with E-state index in [1.807, 2.05) is 20.1 Å². The van der Waals surface area contributed by atoms with E-state index in [1.165, 1.54) is 16.7 Å². The van der Waals surface area contributed by atoms with Crippen LogP contribution >= 0.6 is 11.8 Å². The van der Waals surface area contributed by atoms with Crippen molar-refractivity contribution in [2.24, 2.45) is 17.8 Å². The van der Waals surface area contributed by atoms with Crippen molar-refractivity contribution in [2.75, 3.05) is 19.8 Å². The van der Waals surface area contributed by atoms with Crippen LogP contribution in [0.5, 0.6) is 0 Å². The predicted molar refractivity (Wildman–Crippen MR) is 122 cm³/mol. The number of unbranched alkanes of at least 4 members (excludes halogenated alkanes) is 2. The first-order valence-electron chi connectivity index (χ1n) is 11.2. The molecule has 0 aromatic rings. The molecule has 0 N–H and O–H groups in total. The molecule has 6 nitrogen and oxygen atoms in total. The van der Waals surface area contributed by atoms with Crippen molar-refractivity contribution < 1.29 is 19.2 Å². The van der Waals surface area contributed by atoms with Crippen LogP contribution in [0.15, 0.2) is 0 Å². The molecule has 3 amide bonds. The highest BCUT2D eigenvalue weighted by atomic mass is 32.2. The number of hydrogen-bond acceptors (Lipinski definition) is 5. The Labute approximate surface area is 186 Å². The maximum absolute atomic E-state index is 12.8. The first kappa shape index (κ1) is 26.7. The number of nitrogens with zero attached hydrogens (tertiary/aromatic N) is 2. The van der Waals surface area contributed by atoms with Crippen molar-refractivity contribution in [3.05, 3.63) is 0 Å². The van der Waals surface area contributed by atoms with Crippen LogP contribution < -0.4 is 0 Å². The number of carbonyl (C=O) groups excluding carboxylic acids is 4. The predicted octanol–water partition coefficient (Wildman–Crippen LogP) is 3.77. The van der Waals surface area contributed by atoms with Crippen LogP contribution in [0.25, 0.3) is 0 Å². The van der Waals surface area contributed by atoms with Gasteiger partial charge in [-0.2, -0.15) is 11.8 Å². The summed E-state index contributed by atoms with van der Waals surface area (Å²) in [5.74, 6) is 0.738. The standard InChI is InChI=1S/C23H40N2O4S/c1-15(2)17(5)13-18(26)22(16(3)4)24(6)20(27)11-9-8-10-12-25-21(28)14-19(30-7)23(25)29/h15-17,19,22H,8-14H2,1-7H3/t17-,19?,22-/m0/s1. The molecule has 172 valence electrons. The zero-order valence-electron chi connectivity index (χ0n) is 19.8. The highest BCUT2D eigenvalue weighted by Gasteiger charge is 2.37. The van der Waals surface area contributed by atoms with Crippen LogP contribution in [0, 0.1) is 17.8 Å². The van der Waals surface area contributed by atoms with E-state index in [0.29, 0.717) is 50.5 Å². The first-order valence-corrected chi connectivity index (χ1v) is 12.4. The zero-order chi connectivity index (χ0) is 23.0. The summed E-state index contributed by atoms with van der Waals surface area (Å²) in [6, 6.07) is -0.387. The van der Waals surface area contributed by atoms with Crippen LogP contribution in [0.3, 0.4) is 0 Å². The lowest BCUT2D eigenvalue weighted by atomic mass is 9.87. The third-order valence-electron chi connectivity index (χ3n) is 6.19. The lowest BCUT2D eigenvalue weighted by Crippen LogP contribution is -2.46. The minimum atomic E-state index is -0.387. The van der Waals surface area contributed by atoms with Gasteiger partial charge >= 0.3 is 0 Å². The summed E-state index contributed by atoms with van der Waals surface area (Å²) in [5, 5.41) is -0.239. The second kappa shape index (κ2) is 12.5. The summed E-state index contributed by atoms with van der Waals surface area (Å²) in [5.41, 5.74) is 0. The third kappa shape index (κ3) is 7.40. The molecular formula is C23H40N2O4S. The molecule has 3 atom stereocenters. The zero-order valence-corrected chi connectivity index (χ0v) is 20.6. The van der Waals surface area contributed by atoms with Gasteiger partial charge in [0, 0.05) is 32.9 Å². The fraction of sp³-hybridized carbons (Fsp3) is 0.826. The Morgan fingerprint density at radius 2 is 1.70 bits per heavy atom. The molecule has 0 aromatic heterocycles. The van der Waals surface area contributed by atoms with Crippen molar-refractivity contribution in [2.45, 2.75) is 84.4 Å². The number of thioether (sulfide) groups is 1. The van der Waals surface area contributed by atoms with Gasteiger partial charge < -0.3 is 4.90 Å². The number of hydrogen-bond donors (Lipinski definition) is 0. The van der Waals surface area contributed by atoms with E-state index < -0.39 is 0 Å². The van der Waals surface area contributed by atoms with Gasteiger partial charge in [0.2, 0.25) is 17.7 Å². The van der Waals surface area contributed by atoms with E-state index in [-0.39, 0.29) is 40.7 Å². The van der Waals surface area contributed by atoms with Crippen molar-refractivity contribution >= 4 is 35.3 Å². The SMILES string of the molecule is CSC1CC(=O)N(CCCCCC(=O)N(C)[C@H](C(=O)C[C@H](C)C(C)C)C(C)C)C1=O. The molecule has 0 spiro atoms. The number of imide groups is 1. The summed E-state index contributed by atoms with van der Waals surface area (Å²) in [4.78, 5) is 52.5. The van der Waals surface area contributed by atoms with Gasteiger partial charge in [0.15, 0.2) is 5.78 Å². The Kier molecular flexibility index (Phi) is 11.1. The summed E-state index contributed by atoms with van der Waals surface area (Å²) in [6.45, 7) is 10.7. The molecule has 0 saturated carbocycles. The van der Waals surface area contributed by atoms with E-state index in [2.05, 4.69) is 20.8 Å². The molecule has 1 aliphatic rings. The van der Waals surface area contributed by atoms with Crippen LogP contribution in [0.2, 0.25) is 0 Å². The van der Waals surface area contributed by atoms with Gasteiger partial charge in [-0.3, -0.25) is 24.1 Å². The number of carbonyl (C=O) groups is 4. The molecule has 1 fully saturated rings. The number of amides is 3. The smallest absolute Gasteiger partial charge is 0.242 e. The Balaban J connectivity index is 2.46. The highest BCUT2D eigenvalue weighted by molar-refractivity contribution is 8.00. The minimum Gasteiger partial charge on any atom is -0.335 e. The monoisotopic (exact) mass is 440 g/mol. The molecule has 0 aromatic carbocycles. The molecule has 1 aliphatic heterocycles. The minimum absolute atomic E-state index is 0.0185. The van der Waals surface area contributed by atoms with E-state index in [9.17, 15) is 19.2 Å². The Hall–Kier alpha value is -1.37. The van der Waals surface area contributed by atoms with Crippen molar-refractivity contribution in [1.29, 1.82) is 0 Å². The van der Waals surface area contributed by atoms with Gasteiger partial charge in [-0.25, -0.2) is 0 Å². The second-order valence-electron chi connectivity index (χ2n) is 9.21. The Morgan fingerprint density at radius 1 is 1.07 bits per heavy atom. The number of Topliss-reactive ketones (excluding diaryl/α,β-unsaturated/α-hetero) is 1. The highest BCUT2D eigenvalue weighted by Crippen LogP contribution is 2.24. The maximum Gasteiger partial charge on any atom is 0.242 e. The van der Waals surface area contributed by atoms with Gasteiger partial charge in [0.25, 0.3) is 0 Å². The summed E-state index contributed by atoms with van der Waals surface area (Å²) in [7, 11) is 1.73. The maximum atomic E-state index is 12.8. The third-order valence-corrected chi connectivity index (χ3v) is 7.13. The molecule has 0 aliphatic carbocycles. The second-order valence-corrected chi connectivity index (χ2v) is 10.2. The molecule has 7 heteroatoms. The summed E-state index contributed by atoms with van der Waals surface area (Å²) >= 11 is 1.42. The van der Waals surface area contributed by atoms with Crippen molar-refractivity contribution in [3.63, 3.8) is 0 Å². The van der Waals surface area contributed by atoms with Gasteiger partial charge in [-0.15, -0.1) is 0 Å². The Morgan fingerprint density at radius 3 is 2.20 bits per heavy atom. The molecule has 1 rings (SSSR count). The van der Waals surface area contributed by atoms with E-state index in [1.54, 1.807) is 11.9 Å². The topological polar surface area (TPSA) is 74.8 Å². The number of likely N-dealkylation sites (N-methyl/N-ethyl adjacent to an activating group) is 1. The van der Waals surface area contributed by atoms with Gasteiger partial charge in [0.05, 0.1) is 11.3 Å². The van der Waals surface area contributed by atoms with Crippen molar-refractivity contribution in [3.8, 4) is 0 Å². The largest absolute Gasteiger partial charge is 0.335 e. The average Bonchev–Trinajstić information content (AvgIpc) is 2.94. The fourth-order valence-corrected chi connectivity index (χ4v) is 4.47. The summed E-state index contributed by atoms with van der Waals surface area (Å²) < 4.78 is 0. The fourth-order valence-electron chi connectivity index (χ4n) is 3.84.